The zero-order chi connectivity index (χ0) is 22.4. The van der Waals surface area contributed by atoms with Crippen molar-refractivity contribution in [3.05, 3.63) is 52.2 Å². The SMILES string of the molecule is O=C(NN1CCOCC1)c1c(=O)c2ccc(N3CCOCC3)nc2n2c1sc1ccccc12. The number of anilines is 1. The predicted octanol–water partition coefficient (Wildman–Crippen LogP) is 1.88. The van der Waals surface area contributed by atoms with Crippen molar-refractivity contribution in [2.75, 3.05) is 57.5 Å². The van der Waals surface area contributed by atoms with Gasteiger partial charge in [-0.05, 0) is 24.3 Å². The van der Waals surface area contributed by atoms with Crippen LogP contribution in [0, 0.1) is 0 Å². The summed E-state index contributed by atoms with van der Waals surface area (Å²) < 4.78 is 13.8. The Morgan fingerprint density at radius 1 is 0.970 bits per heavy atom. The van der Waals surface area contributed by atoms with E-state index in [0.717, 1.165) is 29.1 Å². The van der Waals surface area contributed by atoms with E-state index in [1.807, 2.05) is 34.7 Å². The number of hydrogen-bond donors (Lipinski definition) is 1. The number of fused-ring (bicyclic) bond motifs is 5. The van der Waals surface area contributed by atoms with E-state index in [4.69, 9.17) is 14.5 Å². The van der Waals surface area contributed by atoms with Crippen molar-refractivity contribution in [1.82, 2.24) is 19.8 Å². The first-order valence-corrected chi connectivity index (χ1v) is 11.9. The van der Waals surface area contributed by atoms with E-state index < -0.39 is 5.91 Å². The molecule has 2 aliphatic heterocycles. The minimum Gasteiger partial charge on any atom is -0.379 e. The molecule has 2 aliphatic rings. The zero-order valence-corrected chi connectivity index (χ0v) is 18.8. The Morgan fingerprint density at radius 2 is 1.70 bits per heavy atom. The molecule has 33 heavy (non-hydrogen) atoms. The average Bonchev–Trinajstić information content (AvgIpc) is 3.24. The van der Waals surface area contributed by atoms with Crippen LogP contribution in [0.15, 0.2) is 41.2 Å². The van der Waals surface area contributed by atoms with Gasteiger partial charge in [-0.25, -0.2) is 9.99 Å². The number of nitrogens with zero attached hydrogens (tertiary/aromatic N) is 4. The van der Waals surface area contributed by atoms with Crippen LogP contribution in [0.4, 0.5) is 5.82 Å². The molecule has 1 amide bonds. The maximum atomic E-state index is 13.6. The van der Waals surface area contributed by atoms with Crippen LogP contribution in [-0.4, -0.2) is 72.9 Å². The molecule has 3 aromatic heterocycles. The van der Waals surface area contributed by atoms with Gasteiger partial charge in [0.05, 0.1) is 42.0 Å². The highest BCUT2D eigenvalue weighted by atomic mass is 32.1. The Balaban J connectivity index is 1.57. The van der Waals surface area contributed by atoms with Crippen LogP contribution in [0.1, 0.15) is 10.4 Å². The summed E-state index contributed by atoms with van der Waals surface area (Å²) in [5.41, 5.74) is 4.25. The number of aromatic nitrogens is 2. The number of carbonyl (C=O) groups is 1. The number of hydrazine groups is 1. The number of morpholine rings is 2. The van der Waals surface area contributed by atoms with Crippen LogP contribution in [0.5, 0.6) is 0 Å². The number of benzene rings is 1. The molecule has 1 N–H and O–H groups in total. The number of thiazole rings is 1. The molecule has 170 valence electrons. The lowest BCUT2D eigenvalue weighted by Crippen LogP contribution is -2.49. The highest BCUT2D eigenvalue weighted by Crippen LogP contribution is 2.31. The second-order valence-corrected chi connectivity index (χ2v) is 9.13. The fourth-order valence-corrected chi connectivity index (χ4v) is 5.60. The molecule has 2 saturated heterocycles. The van der Waals surface area contributed by atoms with E-state index in [0.29, 0.717) is 55.4 Å². The van der Waals surface area contributed by atoms with Crippen molar-refractivity contribution in [2.45, 2.75) is 0 Å². The standard InChI is InChI=1S/C23H23N5O4S/c29-20-15-5-6-18(26-7-11-31-12-8-26)24-21(15)28-16-3-1-2-4-17(16)33-23(28)19(20)22(30)25-27-9-13-32-14-10-27/h1-6H,7-14H2,(H,25,30). The fourth-order valence-electron chi connectivity index (χ4n) is 4.42. The number of ether oxygens (including phenoxy) is 2. The second kappa shape index (κ2) is 8.38. The van der Waals surface area contributed by atoms with Gasteiger partial charge in [-0.15, -0.1) is 11.3 Å². The van der Waals surface area contributed by atoms with Crippen molar-refractivity contribution in [2.24, 2.45) is 0 Å². The van der Waals surface area contributed by atoms with Gasteiger partial charge in [0.2, 0.25) is 5.43 Å². The highest BCUT2D eigenvalue weighted by molar-refractivity contribution is 7.24. The zero-order valence-electron chi connectivity index (χ0n) is 18.0. The summed E-state index contributed by atoms with van der Waals surface area (Å²) in [6.45, 7) is 5.06. The van der Waals surface area contributed by atoms with E-state index in [9.17, 15) is 9.59 Å². The molecule has 0 radical (unpaired) electrons. The molecule has 0 spiro atoms. The fraction of sp³-hybridized carbons (Fsp3) is 0.348. The first-order chi connectivity index (χ1) is 16.2. The van der Waals surface area contributed by atoms with E-state index in [1.54, 1.807) is 11.1 Å². The Kier molecular flexibility index (Phi) is 5.22. The number of hydrogen-bond acceptors (Lipinski definition) is 8. The summed E-state index contributed by atoms with van der Waals surface area (Å²) in [5.74, 6) is 0.407. The summed E-state index contributed by atoms with van der Waals surface area (Å²) in [5, 5.41) is 2.24. The number of carbonyl (C=O) groups excluding carboxylic acids is 1. The van der Waals surface area contributed by atoms with E-state index in [-0.39, 0.29) is 11.0 Å². The molecule has 0 unspecified atom stereocenters. The smallest absolute Gasteiger partial charge is 0.272 e. The quantitative estimate of drug-likeness (QED) is 0.494. The van der Waals surface area contributed by atoms with Crippen molar-refractivity contribution >= 4 is 49.1 Å². The first-order valence-electron chi connectivity index (χ1n) is 11.0. The minimum atomic E-state index is -0.398. The lowest BCUT2D eigenvalue weighted by molar-refractivity contribution is 0.0126. The maximum Gasteiger partial charge on any atom is 0.272 e. The topological polar surface area (TPSA) is 88.4 Å². The van der Waals surface area contributed by atoms with Gasteiger partial charge < -0.3 is 14.4 Å². The monoisotopic (exact) mass is 465 g/mol. The maximum absolute atomic E-state index is 13.6. The first kappa shape index (κ1) is 20.5. The van der Waals surface area contributed by atoms with Gasteiger partial charge in [0.1, 0.15) is 16.2 Å². The van der Waals surface area contributed by atoms with Crippen molar-refractivity contribution in [1.29, 1.82) is 0 Å². The van der Waals surface area contributed by atoms with Crippen molar-refractivity contribution in [3.63, 3.8) is 0 Å². The molecule has 5 heterocycles. The van der Waals surface area contributed by atoms with Crippen LogP contribution in [0.3, 0.4) is 0 Å². The third-order valence-electron chi connectivity index (χ3n) is 6.11. The Bertz CT molecular complexity index is 1420. The van der Waals surface area contributed by atoms with E-state index in [2.05, 4.69) is 10.3 Å². The van der Waals surface area contributed by atoms with Crippen LogP contribution >= 0.6 is 11.3 Å². The third-order valence-corrected chi connectivity index (χ3v) is 7.25. The van der Waals surface area contributed by atoms with Crippen LogP contribution in [0.25, 0.3) is 26.1 Å². The summed E-state index contributed by atoms with van der Waals surface area (Å²) in [7, 11) is 0. The largest absolute Gasteiger partial charge is 0.379 e. The second-order valence-electron chi connectivity index (χ2n) is 8.09. The molecule has 9 nitrogen and oxygen atoms in total. The summed E-state index contributed by atoms with van der Waals surface area (Å²) in [6.07, 6.45) is 0. The van der Waals surface area contributed by atoms with Gasteiger partial charge in [0.25, 0.3) is 5.91 Å². The highest BCUT2D eigenvalue weighted by Gasteiger charge is 2.25. The molecule has 0 bridgehead atoms. The number of para-hydroxylation sites is 1. The molecule has 0 atom stereocenters. The Hall–Kier alpha value is -3.05. The third kappa shape index (κ3) is 3.55. The molecular formula is C23H23N5O4S. The Morgan fingerprint density at radius 3 is 2.48 bits per heavy atom. The molecule has 0 aliphatic carbocycles. The van der Waals surface area contributed by atoms with Gasteiger partial charge in [-0.2, -0.15) is 0 Å². The van der Waals surface area contributed by atoms with Gasteiger partial charge in [0.15, 0.2) is 5.65 Å². The molecule has 10 heteroatoms. The van der Waals surface area contributed by atoms with Gasteiger partial charge in [0, 0.05) is 26.2 Å². The molecule has 1 aromatic carbocycles. The van der Waals surface area contributed by atoms with Crippen LogP contribution in [0.2, 0.25) is 0 Å². The number of nitrogens with one attached hydrogen (secondary N) is 1. The van der Waals surface area contributed by atoms with E-state index in [1.165, 1.54) is 11.3 Å². The molecule has 6 rings (SSSR count). The van der Waals surface area contributed by atoms with Gasteiger partial charge in [-0.3, -0.25) is 19.4 Å². The predicted molar refractivity (Wildman–Crippen MR) is 127 cm³/mol. The van der Waals surface area contributed by atoms with Crippen molar-refractivity contribution < 1.29 is 14.3 Å². The van der Waals surface area contributed by atoms with Crippen molar-refractivity contribution in [3.8, 4) is 0 Å². The lowest BCUT2D eigenvalue weighted by atomic mass is 10.1. The molecule has 0 saturated carbocycles. The van der Waals surface area contributed by atoms with E-state index >= 15 is 0 Å². The molecule has 4 aromatic rings. The number of rotatable bonds is 3. The lowest BCUT2D eigenvalue weighted by Gasteiger charge is -2.28. The number of pyridine rings is 2. The summed E-state index contributed by atoms with van der Waals surface area (Å²) in [6, 6.07) is 11.6. The van der Waals surface area contributed by atoms with Gasteiger partial charge in [-0.1, -0.05) is 12.1 Å². The van der Waals surface area contributed by atoms with Gasteiger partial charge >= 0.3 is 0 Å². The summed E-state index contributed by atoms with van der Waals surface area (Å²) in [4.78, 5) is 34.6. The van der Waals surface area contributed by atoms with Crippen LogP contribution < -0.4 is 15.8 Å². The van der Waals surface area contributed by atoms with Crippen LogP contribution in [-0.2, 0) is 9.47 Å². The molecule has 2 fully saturated rings. The normalized spacial score (nSPS) is 17.8. The minimum absolute atomic E-state index is 0.149. The number of amides is 1. The summed E-state index contributed by atoms with van der Waals surface area (Å²) >= 11 is 1.43. The average molecular weight is 466 g/mol. The Labute approximate surface area is 193 Å². The molecular weight excluding hydrogens is 442 g/mol.